The summed E-state index contributed by atoms with van der Waals surface area (Å²) in [6, 6.07) is 3.72. The standard InChI is InChI=1S/C14H17N7O.C4H9NO/c1-14(2,22-4)13-10(16-3)5-11(20-21-13)19-12-8-17-9(6-15)7-18-12;1-3-6-4-2-5-1/h5,7-8H,1-4H3,(H2,16,18,19,20);5H,1-4H2. The summed E-state index contributed by atoms with van der Waals surface area (Å²) in [5.41, 5.74) is 1.20. The molecular weight excluding hydrogens is 360 g/mol. The van der Waals surface area contributed by atoms with Crippen LogP contribution in [-0.4, -0.2) is 60.6 Å². The van der Waals surface area contributed by atoms with E-state index in [1.807, 2.05) is 26.0 Å². The van der Waals surface area contributed by atoms with Gasteiger partial charge in [0, 0.05) is 33.3 Å². The molecule has 10 nitrogen and oxygen atoms in total. The third-order valence-electron chi connectivity index (χ3n) is 4.01. The van der Waals surface area contributed by atoms with Crippen LogP contribution in [0.1, 0.15) is 25.2 Å². The van der Waals surface area contributed by atoms with Crippen molar-refractivity contribution < 1.29 is 9.47 Å². The van der Waals surface area contributed by atoms with E-state index in [0.29, 0.717) is 17.3 Å². The van der Waals surface area contributed by atoms with Crippen LogP contribution in [0.3, 0.4) is 0 Å². The van der Waals surface area contributed by atoms with Gasteiger partial charge >= 0.3 is 0 Å². The molecule has 2 aromatic heterocycles. The van der Waals surface area contributed by atoms with Crippen molar-refractivity contribution in [3.05, 3.63) is 29.8 Å². The summed E-state index contributed by atoms with van der Waals surface area (Å²) in [5.74, 6) is 0.994. The SMILES string of the molecule is C1COCCN1.CNc1cc(Nc2cnc(C#N)cn2)nnc1C(C)(C)OC. The Balaban J connectivity index is 0.000000397. The van der Waals surface area contributed by atoms with Gasteiger partial charge in [0.1, 0.15) is 23.2 Å². The topological polar surface area (TPSA) is 130 Å². The molecule has 1 saturated heterocycles. The highest BCUT2D eigenvalue weighted by molar-refractivity contribution is 5.60. The second kappa shape index (κ2) is 10.5. The summed E-state index contributed by atoms with van der Waals surface area (Å²) in [6.45, 7) is 7.66. The predicted molar refractivity (Wildman–Crippen MR) is 105 cm³/mol. The zero-order valence-electron chi connectivity index (χ0n) is 16.6. The molecule has 0 atom stereocenters. The van der Waals surface area contributed by atoms with Gasteiger partial charge in [0.15, 0.2) is 11.5 Å². The van der Waals surface area contributed by atoms with Crippen LogP contribution in [0.25, 0.3) is 0 Å². The number of ether oxygens (including phenoxy) is 2. The molecule has 1 fully saturated rings. The molecule has 10 heteroatoms. The lowest BCUT2D eigenvalue weighted by molar-refractivity contribution is 0.0154. The Bertz CT molecular complexity index is 774. The van der Waals surface area contributed by atoms with Crippen LogP contribution >= 0.6 is 0 Å². The lowest BCUT2D eigenvalue weighted by Gasteiger charge is -2.24. The van der Waals surface area contributed by atoms with Crippen molar-refractivity contribution in [2.75, 3.05) is 51.1 Å². The minimum atomic E-state index is -0.557. The number of nitriles is 1. The second-order valence-electron chi connectivity index (χ2n) is 6.34. The maximum Gasteiger partial charge on any atom is 0.158 e. The Morgan fingerprint density at radius 2 is 1.93 bits per heavy atom. The third-order valence-corrected chi connectivity index (χ3v) is 4.01. The Kier molecular flexibility index (Phi) is 8.01. The van der Waals surface area contributed by atoms with E-state index in [2.05, 4.69) is 36.1 Å². The molecule has 3 heterocycles. The minimum Gasteiger partial charge on any atom is -0.386 e. The van der Waals surface area contributed by atoms with E-state index in [4.69, 9.17) is 14.7 Å². The van der Waals surface area contributed by atoms with Crippen LogP contribution in [0.4, 0.5) is 17.3 Å². The average Bonchev–Trinajstić information content (AvgIpc) is 2.75. The first-order valence-electron chi connectivity index (χ1n) is 8.89. The van der Waals surface area contributed by atoms with Crippen molar-refractivity contribution >= 4 is 17.3 Å². The Morgan fingerprint density at radius 3 is 2.39 bits per heavy atom. The first kappa shape index (κ1) is 21.4. The van der Waals surface area contributed by atoms with Crippen molar-refractivity contribution in [2.45, 2.75) is 19.4 Å². The zero-order chi connectivity index (χ0) is 20.4. The fourth-order valence-corrected chi connectivity index (χ4v) is 2.28. The summed E-state index contributed by atoms with van der Waals surface area (Å²) >= 11 is 0. The van der Waals surface area contributed by atoms with Gasteiger partial charge in [0.2, 0.25) is 0 Å². The van der Waals surface area contributed by atoms with Gasteiger partial charge in [0.25, 0.3) is 0 Å². The highest BCUT2D eigenvalue weighted by Gasteiger charge is 2.25. The van der Waals surface area contributed by atoms with Crippen LogP contribution in [0.15, 0.2) is 18.5 Å². The Morgan fingerprint density at radius 1 is 1.18 bits per heavy atom. The van der Waals surface area contributed by atoms with Crippen molar-refractivity contribution in [1.82, 2.24) is 25.5 Å². The van der Waals surface area contributed by atoms with E-state index < -0.39 is 5.60 Å². The molecule has 28 heavy (non-hydrogen) atoms. The highest BCUT2D eigenvalue weighted by Crippen LogP contribution is 2.29. The number of rotatable bonds is 5. The van der Waals surface area contributed by atoms with Crippen molar-refractivity contribution in [3.63, 3.8) is 0 Å². The van der Waals surface area contributed by atoms with Crippen LogP contribution in [0.5, 0.6) is 0 Å². The van der Waals surface area contributed by atoms with Gasteiger partial charge in [-0.1, -0.05) is 0 Å². The molecule has 0 bridgehead atoms. The summed E-state index contributed by atoms with van der Waals surface area (Å²) < 4.78 is 10.4. The van der Waals surface area contributed by atoms with Crippen LogP contribution < -0.4 is 16.0 Å². The van der Waals surface area contributed by atoms with E-state index in [1.54, 1.807) is 14.2 Å². The number of hydrogen-bond acceptors (Lipinski definition) is 10. The summed E-state index contributed by atoms with van der Waals surface area (Å²) in [5, 5.41) is 26.3. The number of aromatic nitrogens is 4. The van der Waals surface area contributed by atoms with Gasteiger partial charge in [-0.25, -0.2) is 9.97 Å². The average molecular weight is 386 g/mol. The molecule has 0 saturated carbocycles. The Hall–Kier alpha value is -2.87. The quantitative estimate of drug-likeness (QED) is 0.693. The lowest BCUT2D eigenvalue weighted by atomic mass is 10.0. The lowest BCUT2D eigenvalue weighted by Crippen LogP contribution is -2.30. The van der Waals surface area contributed by atoms with Gasteiger partial charge < -0.3 is 25.4 Å². The van der Waals surface area contributed by atoms with E-state index in [0.717, 1.165) is 32.0 Å². The molecule has 1 aliphatic heterocycles. The molecule has 150 valence electrons. The third kappa shape index (κ3) is 6.09. The highest BCUT2D eigenvalue weighted by atomic mass is 16.5. The first-order chi connectivity index (χ1) is 13.5. The zero-order valence-corrected chi connectivity index (χ0v) is 16.6. The molecule has 0 radical (unpaired) electrons. The molecule has 3 N–H and O–H groups in total. The van der Waals surface area contributed by atoms with Crippen molar-refractivity contribution in [3.8, 4) is 6.07 Å². The molecule has 2 aromatic rings. The maximum atomic E-state index is 8.70. The monoisotopic (exact) mass is 386 g/mol. The van der Waals surface area contributed by atoms with Gasteiger partial charge in [-0.2, -0.15) is 5.26 Å². The molecule has 1 aliphatic rings. The minimum absolute atomic E-state index is 0.254. The fraction of sp³-hybridized carbons (Fsp3) is 0.500. The molecule has 0 unspecified atom stereocenters. The van der Waals surface area contributed by atoms with Gasteiger partial charge in [-0.3, -0.25) is 0 Å². The number of nitrogens with one attached hydrogen (secondary N) is 3. The molecule has 0 aromatic carbocycles. The predicted octanol–water partition coefficient (Wildman–Crippen LogP) is 1.41. The van der Waals surface area contributed by atoms with Crippen molar-refractivity contribution in [2.24, 2.45) is 0 Å². The van der Waals surface area contributed by atoms with Crippen molar-refractivity contribution in [1.29, 1.82) is 5.26 Å². The van der Waals surface area contributed by atoms with E-state index in [1.165, 1.54) is 12.4 Å². The maximum absolute atomic E-state index is 8.70. The molecule has 3 rings (SSSR count). The van der Waals surface area contributed by atoms with Crippen LogP contribution in [0.2, 0.25) is 0 Å². The second-order valence-corrected chi connectivity index (χ2v) is 6.34. The number of nitrogens with zero attached hydrogens (tertiary/aromatic N) is 5. The van der Waals surface area contributed by atoms with Crippen LogP contribution in [0, 0.1) is 11.3 Å². The van der Waals surface area contributed by atoms with Gasteiger partial charge in [0.05, 0.1) is 31.3 Å². The molecular formula is C18H26N8O2. The van der Waals surface area contributed by atoms with Gasteiger partial charge in [-0.05, 0) is 13.8 Å². The van der Waals surface area contributed by atoms with E-state index in [-0.39, 0.29) is 5.69 Å². The number of hydrogen-bond donors (Lipinski definition) is 3. The number of morpholine rings is 1. The molecule has 0 amide bonds. The number of anilines is 3. The fourth-order valence-electron chi connectivity index (χ4n) is 2.28. The summed E-state index contributed by atoms with van der Waals surface area (Å²) in [4.78, 5) is 8.01. The smallest absolute Gasteiger partial charge is 0.158 e. The summed E-state index contributed by atoms with van der Waals surface area (Å²) in [7, 11) is 3.43. The largest absolute Gasteiger partial charge is 0.386 e. The number of methoxy groups -OCH3 is 1. The molecule has 0 spiro atoms. The Labute approximate surface area is 164 Å². The van der Waals surface area contributed by atoms with Gasteiger partial charge in [-0.15, -0.1) is 10.2 Å². The van der Waals surface area contributed by atoms with E-state index in [9.17, 15) is 0 Å². The van der Waals surface area contributed by atoms with Crippen LogP contribution in [-0.2, 0) is 15.1 Å². The normalized spacial score (nSPS) is 13.7. The summed E-state index contributed by atoms with van der Waals surface area (Å²) in [6.07, 6.45) is 2.85. The first-order valence-corrected chi connectivity index (χ1v) is 8.89. The molecule has 0 aliphatic carbocycles. The van der Waals surface area contributed by atoms with E-state index >= 15 is 0 Å².